The molecule has 1 aliphatic carbocycles. The van der Waals surface area contributed by atoms with E-state index < -0.39 is 0 Å². The number of aryl methyl sites for hydroxylation is 2. The molecule has 17 heavy (non-hydrogen) atoms. The van der Waals surface area contributed by atoms with Gasteiger partial charge < -0.3 is 5.32 Å². The fourth-order valence-corrected chi connectivity index (χ4v) is 3.18. The molecule has 0 bridgehead atoms. The lowest BCUT2D eigenvalue weighted by molar-refractivity contribution is 0.379. The molecule has 1 N–H and O–H groups in total. The Labute approximate surface area is 106 Å². The van der Waals surface area contributed by atoms with Gasteiger partial charge in [-0.05, 0) is 26.0 Å². The van der Waals surface area contributed by atoms with Crippen molar-refractivity contribution in [2.75, 3.05) is 18.1 Å². The summed E-state index contributed by atoms with van der Waals surface area (Å²) in [5.74, 6) is 0.852. The highest BCUT2D eigenvalue weighted by Gasteiger charge is 2.36. The Bertz CT molecular complexity index is 448. The van der Waals surface area contributed by atoms with Gasteiger partial charge in [0.1, 0.15) is 17.5 Å². The van der Waals surface area contributed by atoms with Crippen LogP contribution in [0.5, 0.6) is 0 Å². The molecule has 4 nitrogen and oxygen atoms in total. The Morgan fingerprint density at radius 3 is 2.76 bits per heavy atom. The van der Waals surface area contributed by atoms with Gasteiger partial charge in [0.2, 0.25) is 0 Å². The Morgan fingerprint density at radius 2 is 2.29 bits per heavy atom. The van der Waals surface area contributed by atoms with E-state index >= 15 is 0 Å². The second kappa shape index (κ2) is 4.61. The van der Waals surface area contributed by atoms with E-state index in [9.17, 15) is 0 Å². The maximum atomic E-state index is 9.12. The summed E-state index contributed by atoms with van der Waals surface area (Å²) in [7, 11) is 1.88. The zero-order valence-corrected chi connectivity index (χ0v) is 11.4. The first-order chi connectivity index (χ1) is 8.12. The van der Waals surface area contributed by atoms with Crippen LogP contribution in [0.4, 0.5) is 5.82 Å². The molecule has 1 heterocycles. The number of hydrogen-bond donors (Lipinski definition) is 1. The maximum Gasteiger partial charge on any atom is 0.142 e. The molecule has 0 aromatic carbocycles. The standard InChI is InChI=1S/C12H18N4S/c1-9-10(7-13)11(16(2)15-9)14-8-12(17-3)5-4-6-12/h14H,4-6,8H2,1-3H3. The van der Waals surface area contributed by atoms with Crippen molar-refractivity contribution in [3.05, 3.63) is 11.3 Å². The molecular weight excluding hydrogens is 232 g/mol. The maximum absolute atomic E-state index is 9.12. The van der Waals surface area contributed by atoms with E-state index in [1.54, 1.807) is 4.68 Å². The molecule has 1 aromatic heterocycles. The summed E-state index contributed by atoms with van der Waals surface area (Å²) in [6.45, 7) is 2.79. The molecule has 1 aliphatic rings. The molecule has 1 fully saturated rings. The smallest absolute Gasteiger partial charge is 0.142 e. The van der Waals surface area contributed by atoms with Crippen LogP contribution in [0.3, 0.4) is 0 Å². The lowest BCUT2D eigenvalue weighted by atomic mass is 9.84. The number of rotatable bonds is 4. The highest BCUT2D eigenvalue weighted by molar-refractivity contribution is 8.00. The Hall–Kier alpha value is -1.15. The van der Waals surface area contributed by atoms with Crippen molar-refractivity contribution >= 4 is 17.6 Å². The molecule has 92 valence electrons. The van der Waals surface area contributed by atoms with Gasteiger partial charge >= 0.3 is 0 Å². The first-order valence-electron chi connectivity index (χ1n) is 5.84. The van der Waals surface area contributed by atoms with E-state index in [1.807, 2.05) is 25.7 Å². The molecule has 0 aliphatic heterocycles. The quantitative estimate of drug-likeness (QED) is 0.891. The minimum Gasteiger partial charge on any atom is -0.368 e. The van der Waals surface area contributed by atoms with Crippen LogP contribution in [0.2, 0.25) is 0 Å². The van der Waals surface area contributed by atoms with Crippen LogP contribution in [-0.2, 0) is 7.05 Å². The summed E-state index contributed by atoms with van der Waals surface area (Å²) in [4.78, 5) is 0. The van der Waals surface area contributed by atoms with Gasteiger partial charge in [0, 0.05) is 18.3 Å². The first-order valence-corrected chi connectivity index (χ1v) is 7.07. The predicted octanol–water partition coefficient (Wildman–Crippen LogP) is 2.30. The van der Waals surface area contributed by atoms with Crippen molar-refractivity contribution in [3.63, 3.8) is 0 Å². The molecule has 5 heteroatoms. The van der Waals surface area contributed by atoms with E-state index in [0.29, 0.717) is 10.3 Å². The van der Waals surface area contributed by atoms with Gasteiger partial charge in [-0.25, -0.2) is 0 Å². The lowest BCUT2D eigenvalue weighted by Gasteiger charge is -2.40. The zero-order chi connectivity index (χ0) is 12.5. The van der Waals surface area contributed by atoms with E-state index in [1.165, 1.54) is 19.3 Å². The molecule has 0 radical (unpaired) electrons. The zero-order valence-electron chi connectivity index (χ0n) is 10.6. The summed E-state index contributed by atoms with van der Waals surface area (Å²) in [6, 6.07) is 2.22. The van der Waals surface area contributed by atoms with E-state index in [-0.39, 0.29) is 0 Å². The number of nitrogens with one attached hydrogen (secondary N) is 1. The summed E-state index contributed by atoms with van der Waals surface area (Å²) in [5.41, 5.74) is 1.47. The van der Waals surface area contributed by atoms with Crippen LogP contribution in [0.15, 0.2) is 0 Å². The summed E-state index contributed by atoms with van der Waals surface area (Å²) < 4.78 is 2.13. The third-order valence-corrected chi connectivity index (χ3v) is 5.03. The van der Waals surface area contributed by atoms with Crippen molar-refractivity contribution in [1.29, 1.82) is 5.26 Å². The van der Waals surface area contributed by atoms with Gasteiger partial charge in [0.05, 0.1) is 5.69 Å². The van der Waals surface area contributed by atoms with Crippen LogP contribution in [0, 0.1) is 18.3 Å². The number of nitrogens with zero attached hydrogens (tertiary/aromatic N) is 3. The fourth-order valence-electron chi connectivity index (χ4n) is 2.26. The molecular formula is C12H18N4S. The minimum atomic E-state index is 0.366. The van der Waals surface area contributed by atoms with E-state index in [4.69, 9.17) is 5.26 Å². The number of hydrogen-bond acceptors (Lipinski definition) is 4. The number of thioether (sulfide) groups is 1. The Kier molecular flexibility index (Phi) is 3.34. The van der Waals surface area contributed by atoms with Crippen LogP contribution < -0.4 is 5.32 Å². The first kappa shape index (κ1) is 12.3. The highest BCUT2D eigenvalue weighted by atomic mass is 32.2. The average molecular weight is 250 g/mol. The molecule has 0 amide bonds. The molecule has 0 spiro atoms. The van der Waals surface area contributed by atoms with Gasteiger partial charge in [0.25, 0.3) is 0 Å². The number of aromatic nitrogens is 2. The summed E-state index contributed by atoms with van der Waals surface area (Å²) in [6.07, 6.45) is 6.01. The normalized spacial score (nSPS) is 17.3. The van der Waals surface area contributed by atoms with Gasteiger partial charge in [0.15, 0.2) is 0 Å². The van der Waals surface area contributed by atoms with Crippen molar-refractivity contribution in [1.82, 2.24) is 9.78 Å². The van der Waals surface area contributed by atoms with Gasteiger partial charge in [-0.2, -0.15) is 22.1 Å². The molecule has 1 saturated carbocycles. The topological polar surface area (TPSA) is 53.6 Å². The van der Waals surface area contributed by atoms with Crippen LogP contribution >= 0.6 is 11.8 Å². The molecule has 0 saturated heterocycles. The second-order valence-corrected chi connectivity index (χ2v) is 5.91. The summed E-state index contributed by atoms with van der Waals surface area (Å²) in [5, 5.41) is 16.8. The van der Waals surface area contributed by atoms with Crippen LogP contribution in [0.1, 0.15) is 30.5 Å². The van der Waals surface area contributed by atoms with Gasteiger partial charge in [-0.3, -0.25) is 4.68 Å². The van der Waals surface area contributed by atoms with E-state index in [0.717, 1.165) is 18.1 Å². The largest absolute Gasteiger partial charge is 0.368 e. The second-order valence-electron chi connectivity index (χ2n) is 4.64. The predicted molar refractivity (Wildman–Crippen MR) is 71.2 cm³/mol. The summed E-state index contributed by atoms with van der Waals surface area (Å²) >= 11 is 1.93. The van der Waals surface area contributed by atoms with Crippen LogP contribution in [0.25, 0.3) is 0 Å². The van der Waals surface area contributed by atoms with Gasteiger partial charge in [-0.15, -0.1) is 0 Å². The van der Waals surface area contributed by atoms with Crippen molar-refractivity contribution in [2.24, 2.45) is 7.05 Å². The van der Waals surface area contributed by atoms with Crippen molar-refractivity contribution in [3.8, 4) is 6.07 Å². The third kappa shape index (κ3) is 2.14. The van der Waals surface area contributed by atoms with Crippen molar-refractivity contribution < 1.29 is 0 Å². The molecule has 1 aromatic rings. The van der Waals surface area contributed by atoms with Gasteiger partial charge in [-0.1, -0.05) is 6.42 Å². The highest BCUT2D eigenvalue weighted by Crippen LogP contribution is 2.42. The SMILES string of the molecule is CSC1(CNc2c(C#N)c(C)nn2C)CCC1. The molecule has 0 atom stereocenters. The van der Waals surface area contributed by atoms with E-state index in [2.05, 4.69) is 22.7 Å². The monoisotopic (exact) mass is 250 g/mol. The number of anilines is 1. The third-order valence-electron chi connectivity index (χ3n) is 3.61. The molecule has 2 rings (SSSR count). The van der Waals surface area contributed by atoms with Crippen LogP contribution in [-0.4, -0.2) is 27.3 Å². The number of nitriles is 1. The fraction of sp³-hybridized carbons (Fsp3) is 0.667. The average Bonchev–Trinajstić information content (AvgIpc) is 2.52. The minimum absolute atomic E-state index is 0.366. The molecule has 0 unspecified atom stereocenters. The lowest BCUT2D eigenvalue weighted by Crippen LogP contribution is -2.40. The van der Waals surface area contributed by atoms with Crippen molar-refractivity contribution in [2.45, 2.75) is 30.9 Å². The Balaban J connectivity index is 2.11. The Morgan fingerprint density at radius 1 is 1.59 bits per heavy atom.